The van der Waals surface area contributed by atoms with Crippen LogP contribution in [0.5, 0.6) is 11.5 Å². The number of aromatic amines is 1. The molecule has 3 heterocycles. The highest BCUT2D eigenvalue weighted by molar-refractivity contribution is 5.92. The second-order valence-corrected chi connectivity index (χ2v) is 7.16. The summed E-state index contributed by atoms with van der Waals surface area (Å²) in [4.78, 5) is 24.3. The minimum absolute atomic E-state index is 0.312. The molecule has 7 nitrogen and oxygen atoms in total. The molecule has 0 aliphatic carbocycles. The lowest BCUT2D eigenvalue weighted by Gasteiger charge is -2.11. The van der Waals surface area contributed by atoms with Gasteiger partial charge in [-0.25, -0.2) is 9.37 Å². The molecule has 0 saturated carbocycles. The number of pyridine rings is 1. The summed E-state index contributed by atoms with van der Waals surface area (Å²) in [6.07, 6.45) is 2.43. The summed E-state index contributed by atoms with van der Waals surface area (Å²) in [7, 11) is 0. The van der Waals surface area contributed by atoms with E-state index >= 15 is 0 Å². The Balaban J connectivity index is 1.42. The normalized spacial score (nSPS) is 13.1. The highest BCUT2D eigenvalue weighted by Crippen LogP contribution is 2.30. The van der Waals surface area contributed by atoms with Crippen molar-refractivity contribution in [3.8, 4) is 22.6 Å². The number of hydrogen-bond acceptors (Lipinski definition) is 6. The van der Waals surface area contributed by atoms with Gasteiger partial charge in [0.15, 0.2) is 17.1 Å². The van der Waals surface area contributed by atoms with Crippen LogP contribution >= 0.6 is 0 Å². The van der Waals surface area contributed by atoms with Gasteiger partial charge in [-0.1, -0.05) is 18.2 Å². The molecule has 156 valence electrons. The molecule has 0 bridgehead atoms. The van der Waals surface area contributed by atoms with Crippen LogP contribution in [0.3, 0.4) is 0 Å². The number of H-pyrrole nitrogens is 1. The molecule has 0 unspecified atom stereocenters. The van der Waals surface area contributed by atoms with Gasteiger partial charge in [-0.15, -0.1) is 0 Å². The van der Waals surface area contributed by atoms with Crippen LogP contribution in [0.15, 0.2) is 59.5 Å². The van der Waals surface area contributed by atoms with Crippen LogP contribution in [0.1, 0.15) is 12.0 Å². The maximum Gasteiger partial charge on any atom is 0.262 e. The van der Waals surface area contributed by atoms with Gasteiger partial charge in [-0.3, -0.25) is 9.78 Å². The molecule has 2 N–H and O–H groups in total. The third-order valence-electron chi connectivity index (χ3n) is 5.03. The summed E-state index contributed by atoms with van der Waals surface area (Å²) in [6.45, 7) is 1.69. The van der Waals surface area contributed by atoms with Crippen molar-refractivity contribution in [1.82, 2.24) is 15.0 Å². The zero-order valence-electron chi connectivity index (χ0n) is 16.5. The van der Waals surface area contributed by atoms with Gasteiger partial charge in [0.2, 0.25) is 5.95 Å². The molecule has 2 aromatic carbocycles. The van der Waals surface area contributed by atoms with E-state index in [-0.39, 0.29) is 11.4 Å². The van der Waals surface area contributed by atoms with Gasteiger partial charge < -0.3 is 14.8 Å². The largest absolute Gasteiger partial charge is 0.490 e. The van der Waals surface area contributed by atoms with Crippen molar-refractivity contribution in [2.45, 2.75) is 13.0 Å². The Hall–Kier alpha value is -3.94. The molecule has 31 heavy (non-hydrogen) atoms. The monoisotopic (exact) mass is 418 g/mol. The van der Waals surface area contributed by atoms with Crippen LogP contribution in [0.4, 0.5) is 10.3 Å². The molecule has 0 spiro atoms. The number of aromatic nitrogens is 3. The average molecular weight is 418 g/mol. The SMILES string of the molecule is O=c1[nH]c(NCc2ccc3c(c2)OCCCO3)nc2nccc(-c3ccc(F)cc3)c12. The quantitative estimate of drug-likeness (QED) is 0.523. The van der Waals surface area contributed by atoms with E-state index in [2.05, 4.69) is 20.3 Å². The van der Waals surface area contributed by atoms with Gasteiger partial charge in [-0.2, -0.15) is 4.98 Å². The van der Waals surface area contributed by atoms with Gasteiger partial charge in [0, 0.05) is 19.2 Å². The van der Waals surface area contributed by atoms with Gasteiger partial charge in [0.05, 0.1) is 18.6 Å². The molecule has 1 aliphatic heterocycles. The van der Waals surface area contributed by atoms with E-state index in [1.54, 1.807) is 24.4 Å². The van der Waals surface area contributed by atoms with Crippen LogP contribution in [0, 0.1) is 5.82 Å². The van der Waals surface area contributed by atoms with Gasteiger partial charge in [-0.05, 0) is 47.0 Å². The Kier molecular flexibility index (Phi) is 4.95. The van der Waals surface area contributed by atoms with Crippen LogP contribution in [-0.2, 0) is 6.54 Å². The van der Waals surface area contributed by atoms with Gasteiger partial charge in [0.25, 0.3) is 5.56 Å². The summed E-state index contributed by atoms with van der Waals surface area (Å²) in [5.74, 6) is 1.42. The van der Waals surface area contributed by atoms with E-state index in [4.69, 9.17) is 9.47 Å². The number of halogens is 1. The Morgan fingerprint density at radius 3 is 2.68 bits per heavy atom. The zero-order chi connectivity index (χ0) is 21.2. The molecule has 0 fully saturated rings. The van der Waals surface area contributed by atoms with E-state index in [0.29, 0.717) is 53.6 Å². The van der Waals surface area contributed by atoms with Crippen LogP contribution in [-0.4, -0.2) is 28.2 Å². The highest BCUT2D eigenvalue weighted by Gasteiger charge is 2.13. The number of ether oxygens (including phenoxy) is 2. The van der Waals surface area contributed by atoms with Crippen molar-refractivity contribution in [3.05, 3.63) is 76.5 Å². The number of nitrogens with one attached hydrogen (secondary N) is 2. The molecule has 8 heteroatoms. The number of hydrogen-bond donors (Lipinski definition) is 2. The first-order chi connectivity index (χ1) is 15.2. The summed E-state index contributed by atoms with van der Waals surface area (Å²) < 4.78 is 24.6. The van der Waals surface area contributed by atoms with Crippen molar-refractivity contribution >= 4 is 17.0 Å². The van der Waals surface area contributed by atoms with Crippen molar-refractivity contribution in [3.63, 3.8) is 0 Å². The van der Waals surface area contributed by atoms with Crippen molar-refractivity contribution < 1.29 is 13.9 Å². The molecule has 2 aromatic heterocycles. The van der Waals surface area contributed by atoms with E-state index in [1.165, 1.54) is 12.1 Å². The lowest BCUT2D eigenvalue weighted by Crippen LogP contribution is -2.14. The molecular formula is C23H19FN4O3. The highest BCUT2D eigenvalue weighted by atomic mass is 19.1. The second kappa shape index (κ2) is 8.06. The van der Waals surface area contributed by atoms with Crippen molar-refractivity contribution in [2.24, 2.45) is 0 Å². The minimum atomic E-state index is -0.338. The maximum absolute atomic E-state index is 13.3. The summed E-state index contributed by atoms with van der Waals surface area (Å²) >= 11 is 0. The zero-order valence-corrected chi connectivity index (χ0v) is 16.5. The molecule has 1 aliphatic rings. The number of benzene rings is 2. The van der Waals surface area contributed by atoms with Crippen LogP contribution in [0.25, 0.3) is 22.2 Å². The van der Waals surface area contributed by atoms with E-state index in [9.17, 15) is 9.18 Å². The van der Waals surface area contributed by atoms with Crippen LogP contribution < -0.4 is 20.3 Å². The van der Waals surface area contributed by atoms with E-state index < -0.39 is 0 Å². The van der Waals surface area contributed by atoms with E-state index in [1.807, 2.05) is 18.2 Å². The topological polar surface area (TPSA) is 89.1 Å². The van der Waals surface area contributed by atoms with Crippen molar-refractivity contribution in [1.29, 1.82) is 0 Å². The first-order valence-corrected chi connectivity index (χ1v) is 9.95. The fourth-order valence-electron chi connectivity index (χ4n) is 3.52. The van der Waals surface area contributed by atoms with Gasteiger partial charge >= 0.3 is 0 Å². The summed E-state index contributed by atoms with van der Waals surface area (Å²) in [5, 5.41) is 3.49. The van der Waals surface area contributed by atoms with Crippen molar-refractivity contribution in [2.75, 3.05) is 18.5 Å². The maximum atomic E-state index is 13.3. The Morgan fingerprint density at radius 2 is 1.84 bits per heavy atom. The molecular weight excluding hydrogens is 399 g/mol. The van der Waals surface area contributed by atoms with Gasteiger partial charge in [0.1, 0.15) is 5.82 Å². The number of nitrogens with zero attached hydrogens (tertiary/aromatic N) is 2. The Bertz CT molecular complexity index is 1300. The third kappa shape index (κ3) is 3.92. The Morgan fingerprint density at radius 1 is 1.03 bits per heavy atom. The second-order valence-electron chi connectivity index (χ2n) is 7.16. The molecule has 0 atom stereocenters. The number of anilines is 1. The minimum Gasteiger partial charge on any atom is -0.490 e. The first kappa shape index (κ1) is 19.0. The fourth-order valence-corrected chi connectivity index (χ4v) is 3.52. The first-order valence-electron chi connectivity index (χ1n) is 9.95. The molecule has 4 aromatic rings. The number of rotatable bonds is 4. The predicted molar refractivity (Wildman–Crippen MR) is 115 cm³/mol. The lowest BCUT2D eigenvalue weighted by atomic mass is 10.0. The third-order valence-corrected chi connectivity index (χ3v) is 5.03. The molecule has 0 amide bonds. The predicted octanol–water partition coefficient (Wildman–Crippen LogP) is 3.90. The Labute approximate surface area is 176 Å². The average Bonchev–Trinajstić information content (AvgIpc) is 3.03. The number of fused-ring (bicyclic) bond motifs is 2. The fraction of sp³-hybridized carbons (Fsp3) is 0.174. The smallest absolute Gasteiger partial charge is 0.262 e. The summed E-state index contributed by atoms with van der Waals surface area (Å²) in [6, 6.07) is 13.4. The van der Waals surface area contributed by atoms with Crippen LogP contribution in [0.2, 0.25) is 0 Å². The summed E-state index contributed by atoms with van der Waals surface area (Å²) in [5.41, 5.74) is 2.31. The molecule has 0 saturated heterocycles. The molecule has 5 rings (SSSR count). The standard InChI is InChI=1S/C23H19FN4O3/c24-16-5-3-15(4-6-16)17-8-9-25-21-20(17)22(29)28-23(27-21)26-13-14-2-7-18-19(12-14)31-11-1-10-30-18/h2-9,12H,1,10-11,13H2,(H2,25,26,27,28,29). The molecule has 0 radical (unpaired) electrons. The lowest BCUT2D eigenvalue weighted by molar-refractivity contribution is 0.297. The van der Waals surface area contributed by atoms with E-state index in [0.717, 1.165) is 17.7 Å².